The molecule has 0 bridgehead atoms. The third-order valence-electron chi connectivity index (χ3n) is 2.88. The van der Waals surface area contributed by atoms with E-state index in [1.165, 1.54) is 18.2 Å². The number of piperidine rings is 1. The lowest BCUT2D eigenvalue weighted by molar-refractivity contribution is -0.142. The molecule has 0 aliphatic carbocycles. The maximum absolute atomic E-state index is 12.0. The molecule has 1 rings (SSSR count). The van der Waals surface area contributed by atoms with Crippen LogP contribution in [0.1, 0.15) is 33.6 Å². The number of rotatable bonds is 4. The van der Waals surface area contributed by atoms with Crippen LogP contribution in [0.25, 0.3) is 0 Å². The highest BCUT2D eigenvalue weighted by molar-refractivity contribution is 7.87. The van der Waals surface area contributed by atoms with Crippen molar-refractivity contribution in [3.63, 3.8) is 0 Å². The maximum Gasteiger partial charge on any atom is 0.324 e. The Bertz CT molecular complexity index is 391. The Morgan fingerprint density at radius 1 is 1.47 bits per heavy atom. The summed E-state index contributed by atoms with van der Waals surface area (Å²) in [5, 5.41) is 8.91. The number of carboxylic acid groups (broad SMARTS) is 1. The Hall–Kier alpha value is -0.660. The van der Waals surface area contributed by atoms with Gasteiger partial charge in [0.05, 0.1) is 0 Å². The largest absolute Gasteiger partial charge is 0.480 e. The van der Waals surface area contributed by atoms with E-state index in [1.54, 1.807) is 0 Å². The van der Waals surface area contributed by atoms with Gasteiger partial charge in [-0.2, -0.15) is 17.4 Å². The summed E-state index contributed by atoms with van der Waals surface area (Å²) in [7, 11) is -3.72. The van der Waals surface area contributed by atoms with Gasteiger partial charge in [0.1, 0.15) is 5.54 Å². The predicted octanol–water partition coefficient (Wildman–Crippen LogP) is 0.416. The van der Waals surface area contributed by atoms with Gasteiger partial charge >= 0.3 is 5.97 Å². The second kappa shape index (κ2) is 4.91. The first-order chi connectivity index (χ1) is 7.65. The zero-order valence-electron chi connectivity index (χ0n) is 10.4. The van der Waals surface area contributed by atoms with Gasteiger partial charge in [0.15, 0.2) is 0 Å². The summed E-state index contributed by atoms with van der Waals surface area (Å²) in [5.41, 5.74) is -1.49. The molecule has 0 spiro atoms. The molecule has 1 aliphatic rings. The maximum atomic E-state index is 12.0. The van der Waals surface area contributed by atoms with Crippen LogP contribution in [-0.4, -0.2) is 42.4 Å². The first-order valence-corrected chi connectivity index (χ1v) is 7.11. The number of carbonyl (C=O) groups is 1. The molecule has 1 fully saturated rings. The molecule has 1 atom stereocenters. The van der Waals surface area contributed by atoms with Crippen molar-refractivity contribution in [2.45, 2.75) is 39.2 Å². The SMILES string of the molecule is CC1CCCN(S(=O)(=O)NC(C)(C)C(=O)O)C1. The minimum absolute atomic E-state index is 0.313. The van der Waals surface area contributed by atoms with Crippen LogP contribution in [0.4, 0.5) is 0 Å². The van der Waals surface area contributed by atoms with E-state index >= 15 is 0 Å². The van der Waals surface area contributed by atoms with Crippen molar-refractivity contribution >= 4 is 16.2 Å². The normalized spacial score (nSPS) is 23.6. The first-order valence-electron chi connectivity index (χ1n) is 5.67. The molecule has 0 saturated carbocycles. The number of carboxylic acids is 1. The van der Waals surface area contributed by atoms with E-state index in [0.717, 1.165) is 12.8 Å². The minimum atomic E-state index is -3.72. The molecule has 6 nitrogen and oxygen atoms in total. The van der Waals surface area contributed by atoms with Crippen molar-refractivity contribution in [3.8, 4) is 0 Å². The van der Waals surface area contributed by atoms with Gasteiger partial charge in [0, 0.05) is 13.1 Å². The summed E-state index contributed by atoms with van der Waals surface area (Å²) in [6.45, 7) is 5.56. The Labute approximate surface area is 102 Å². The van der Waals surface area contributed by atoms with Crippen molar-refractivity contribution in [2.75, 3.05) is 13.1 Å². The van der Waals surface area contributed by atoms with E-state index in [4.69, 9.17) is 5.11 Å². The third-order valence-corrected chi connectivity index (χ3v) is 4.66. The second-order valence-electron chi connectivity index (χ2n) is 5.14. The van der Waals surface area contributed by atoms with Crippen LogP contribution in [0.5, 0.6) is 0 Å². The highest BCUT2D eigenvalue weighted by Gasteiger charge is 2.36. The lowest BCUT2D eigenvalue weighted by atomic mass is 10.0. The molecule has 7 heteroatoms. The van der Waals surface area contributed by atoms with Crippen LogP contribution in [0.3, 0.4) is 0 Å². The average molecular weight is 264 g/mol. The van der Waals surface area contributed by atoms with E-state index in [-0.39, 0.29) is 0 Å². The minimum Gasteiger partial charge on any atom is -0.480 e. The van der Waals surface area contributed by atoms with Crippen molar-refractivity contribution in [1.29, 1.82) is 0 Å². The zero-order valence-corrected chi connectivity index (χ0v) is 11.2. The molecular formula is C10H20N2O4S. The van der Waals surface area contributed by atoms with E-state index in [1.807, 2.05) is 6.92 Å². The highest BCUT2D eigenvalue weighted by atomic mass is 32.2. The molecule has 0 radical (unpaired) electrons. The van der Waals surface area contributed by atoms with Crippen LogP contribution in [0.2, 0.25) is 0 Å². The summed E-state index contributed by atoms with van der Waals surface area (Å²) in [5.74, 6) is -0.876. The molecule has 1 saturated heterocycles. The quantitative estimate of drug-likeness (QED) is 0.770. The fourth-order valence-corrected chi connectivity index (χ4v) is 3.48. The fourth-order valence-electron chi connectivity index (χ4n) is 1.80. The van der Waals surface area contributed by atoms with Crippen LogP contribution in [0.15, 0.2) is 0 Å². The summed E-state index contributed by atoms with van der Waals surface area (Å²) in [6.07, 6.45) is 1.82. The smallest absolute Gasteiger partial charge is 0.324 e. The van der Waals surface area contributed by atoms with Gasteiger partial charge in [-0.1, -0.05) is 6.92 Å². The van der Waals surface area contributed by atoms with Crippen molar-refractivity contribution < 1.29 is 18.3 Å². The van der Waals surface area contributed by atoms with Gasteiger partial charge in [-0.05, 0) is 32.6 Å². The van der Waals surface area contributed by atoms with E-state index in [9.17, 15) is 13.2 Å². The van der Waals surface area contributed by atoms with Crippen LogP contribution in [0, 0.1) is 5.92 Å². The molecule has 1 heterocycles. The standard InChI is InChI=1S/C10H20N2O4S/c1-8-5-4-6-12(7-8)17(15,16)11-10(2,3)9(13)14/h8,11H,4-7H2,1-3H3,(H,13,14). The summed E-state index contributed by atoms with van der Waals surface area (Å²) in [4.78, 5) is 10.9. The van der Waals surface area contributed by atoms with Gasteiger partial charge in [0.2, 0.25) is 0 Å². The van der Waals surface area contributed by atoms with E-state index < -0.39 is 21.7 Å². The highest BCUT2D eigenvalue weighted by Crippen LogP contribution is 2.19. The summed E-state index contributed by atoms with van der Waals surface area (Å²) in [6, 6.07) is 0. The van der Waals surface area contributed by atoms with Gasteiger partial charge in [0.25, 0.3) is 10.2 Å². The van der Waals surface area contributed by atoms with Crippen molar-refractivity contribution in [1.82, 2.24) is 9.03 Å². The number of hydrogen-bond donors (Lipinski definition) is 2. The van der Waals surface area contributed by atoms with Gasteiger partial charge in [-0.3, -0.25) is 4.79 Å². The fraction of sp³-hybridized carbons (Fsp3) is 0.900. The molecule has 2 N–H and O–H groups in total. The van der Waals surface area contributed by atoms with Gasteiger partial charge in [-0.25, -0.2) is 0 Å². The molecule has 0 aromatic rings. The van der Waals surface area contributed by atoms with E-state index in [2.05, 4.69) is 4.72 Å². The molecule has 100 valence electrons. The number of nitrogens with zero attached hydrogens (tertiary/aromatic N) is 1. The molecule has 1 aliphatic heterocycles. The lowest BCUT2D eigenvalue weighted by Crippen LogP contribution is -2.55. The molecule has 17 heavy (non-hydrogen) atoms. The predicted molar refractivity (Wildman–Crippen MR) is 63.7 cm³/mol. The molecule has 0 aromatic heterocycles. The topological polar surface area (TPSA) is 86.7 Å². The lowest BCUT2D eigenvalue weighted by Gasteiger charge is -2.32. The summed E-state index contributed by atoms with van der Waals surface area (Å²) < 4.78 is 27.6. The van der Waals surface area contributed by atoms with Gasteiger partial charge in [-0.15, -0.1) is 0 Å². The first kappa shape index (κ1) is 14.4. The third kappa shape index (κ3) is 3.65. The van der Waals surface area contributed by atoms with Crippen molar-refractivity contribution in [2.24, 2.45) is 5.92 Å². The van der Waals surface area contributed by atoms with E-state index in [0.29, 0.717) is 19.0 Å². The number of hydrogen-bond acceptors (Lipinski definition) is 3. The Morgan fingerprint density at radius 3 is 2.53 bits per heavy atom. The zero-order chi connectivity index (χ0) is 13.3. The van der Waals surface area contributed by atoms with Crippen LogP contribution in [-0.2, 0) is 15.0 Å². The van der Waals surface area contributed by atoms with Gasteiger partial charge < -0.3 is 5.11 Å². The number of aliphatic carboxylic acids is 1. The van der Waals surface area contributed by atoms with Crippen LogP contribution < -0.4 is 4.72 Å². The molecule has 0 amide bonds. The molecule has 1 unspecified atom stereocenters. The Balaban J connectivity index is 2.78. The average Bonchev–Trinajstić information content (AvgIpc) is 2.15. The second-order valence-corrected chi connectivity index (χ2v) is 6.81. The molecule has 0 aromatic carbocycles. The number of nitrogens with one attached hydrogen (secondary N) is 1. The van der Waals surface area contributed by atoms with Crippen molar-refractivity contribution in [3.05, 3.63) is 0 Å². The Morgan fingerprint density at radius 2 is 2.06 bits per heavy atom. The monoisotopic (exact) mass is 264 g/mol. The summed E-state index contributed by atoms with van der Waals surface area (Å²) >= 11 is 0. The molecular weight excluding hydrogens is 244 g/mol. The Kier molecular flexibility index (Phi) is 4.16. The van der Waals surface area contributed by atoms with Crippen LogP contribution >= 0.6 is 0 Å².